The summed E-state index contributed by atoms with van der Waals surface area (Å²) in [7, 11) is 0. The van der Waals surface area contributed by atoms with Crippen LogP contribution in [-0.4, -0.2) is 40.1 Å². The summed E-state index contributed by atoms with van der Waals surface area (Å²) in [6, 6.07) is 11.4. The van der Waals surface area contributed by atoms with Crippen LogP contribution in [0, 0.1) is 5.82 Å². The second-order valence-corrected chi connectivity index (χ2v) is 9.03. The number of aromatic nitrogens is 1. The van der Waals surface area contributed by atoms with Crippen LogP contribution in [0.4, 0.5) is 10.2 Å². The average Bonchev–Trinajstić information content (AvgIpc) is 2.83. The van der Waals surface area contributed by atoms with E-state index in [2.05, 4.69) is 4.98 Å². The first-order chi connectivity index (χ1) is 16.2. The van der Waals surface area contributed by atoms with Gasteiger partial charge in [-0.3, -0.25) is 4.79 Å². The number of piperidine rings is 1. The smallest absolute Gasteiger partial charge is 0.253 e. The summed E-state index contributed by atoms with van der Waals surface area (Å²) >= 11 is 12.3. The summed E-state index contributed by atoms with van der Waals surface area (Å²) in [5.41, 5.74) is 8.40. The van der Waals surface area contributed by atoms with E-state index in [9.17, 15) is 14.3 Å². The molecule has 1 saturated heterocycles. The fourth-order valence-electron chi connectivity index (χ4n) is 4.00. The van der Waals surface area contributed by atoms with E-state index in [1.54, 1.807) is 36.2 Å². The standard InChI is InChI=1S/C25H24Cl2FN3O3/c1-14(22-19(26)8-9-20(28)23(22)27)34-21-11-17(12-30-24(21)29)15-4-6-16(7-5-15)25(33)31-10-2-3-18(32)13-31/h4-9,11-12,14,18,32H,2-3,10,13H2,1H3,(H2,29,30)/t14?,18-/m0/s1. The van der Waals surface area contributed by atoms with Crippen LogP contribution in [0.2, 0.25) is 10.0 Å². The average molecular weight is 504 g/mol. The Balaban J connectivity index is 1.54. The van der Waals surface area contributed by atoms with Gasteiger partial charge < -0.3 is 20.5 Å². The SMILES string of the molecule is CC(Oc1cc(-c2ccc(C(=O)N3CCC[C@H](O)C3)cc2)cnc1N)c1c(Cl)ccc(F)c1Cl. The number of likely N-dealkylation sites (tertiary alicyclic amines) is 1. The van der Waals surface area contributed by atoms with Crippen molar-refractivity contribution in [2.75, 3.05) is 18.8 Å². The van der Waals surface area contributed by atoms with E-state index < -0.39 is 18.0 Å². The highest BCUT2D eigenvalue weighted by molar-refractivity contribution is 6.36. The predicted octanol–water partition coefficient (Wildman–Crippen LogP) is 5.51. The zero-order chi connectivity index (χ0) is 24.4. The lowest BCUT2D eigenvalue weighted by molar-refractivity contribution is 0.0474. The number of carbonyl (C=O) groups excluding carboxylic acids is 1. The number of nitrogens with zero attached hydrogens (tertiary/aromatic N) is 2. The van der Waals surface area contributed by atoms with Gasteiger partial charge in [0.15, 0.2) is 11.6 Å². The third-order valence-corrected chi connectivity index (χ3v) is 6.53. The van der Waals surface area contributed by atoms with Crippen LogP contribution in [0.25, 0.3) is 11.1 Å². The molecule has 0 bridgehead atoms. The molecule has 6 nitrogen and oxygen atoms in total. The molecule has 1 aromatic heterocycles. The van der Waals surface area contributed by atoms with Gasteiger partial charge in [-0.25, -0.2) is 9.37 Å². The zero-order valence-electron chi connectivity index (χ0n) is 18.5. The minimum atomic E-state index is -0.685. The first kappa shape index (κ1) is 24.3. The molecular weight excluding hydrogens is 480 g/mol. The van der Waals surface area contributed by atoms with E-state index in [1.165, 1.54) is 12.1 Å². The first-order valence-corrected chi connectivity index (χ1v) is 11.6. The molecule has 3 N–H and O–H groups in total. The highest BCUT2D eigenvalue weighted by atomic mass is 35.5. The number of rotatable bonds is 5. The number of nitrogen functional groups attached to an aromatic ring is 1. The normalized spacial score (nSPS) is 16.9. The number of aliphatic hydroxyl groups excluding tert-OH is 1. The second kappa shape index (κ2) is 10.2. The number of ether oxygens (including phenoxy) is 1. The van der Waals surface area contributed by atoms with Crippen molar-refractivity contribution in [3.05, 3.63) is 75.7 Å². The highest BCUT2D eigenvalue weighted by Gasteiger charge is 2.23. The molecular formula is C25H24Cl2FN3O3. The molecule has 1 amide bonds. The number of β-amino-alcohol motifs (C(OH)–C–C–N with tert-alkyl or cyclic N) is 1. The van der Waals surface area contributed by atoms with Gasteiger partial charge in [0.05, 0.1) is 11.1 Å². The first-order valence-electron chi connectivity index (χ1n) is 10.9. The van der Waals surface area contributed by atoms with Crippen LogP contribution in [0.3, 0.4) is 0 Å². The van der Waals surface area contributed by atoms with Gasteiger partial charge in [-0.05, 0) is 55.7 Å². The molecule has 0 radical (unpaired) electrons. The highest BCUT2D eigenvalue weighted by Crippen LogP contribution is 2.37. The van der Waals surface area contributed by atoms with E-state index in [0.29, 0.717) is 36.4 Å². The fraction of sp³-hybridized carbons (Fsp3) is 0.280. The summed E-state index contributed by atoms with van der Waals surface area (Å²) in [5.74, 6) is -0.244. The second-order valence-electron chi connectivity index (χ2n) is 8.25. The van der Waals surface area contributed by atoms with Crippen molar-refractivity contribution in [1.82, 2.24) is 9.88 Å². The molecule has 1 fully saturated rings. The molecule has 3 aromatic rings. The number of amides is 1. The molecule has 9 heteroatoms. The van der Waals surface area contributed by atoms with Crippen LogP contribution in [0.15, 0.2) is 48.7 Å². The Morgan fingerprint density at radius 2 is 1.97 bits per heavy atom. The molecule has 178 valence electrons. The topological polar surface area (TPSA) is 88.7 Å². The predicted molar refractivity (Wildman–Crippen MR) is 131 cm³/mol. The van der Waals surface area contributed by atoms with Crippen molar-refractivity contribution < 1.29 is 19.0 Å². The fourth-order valence-corrected chi connectivity index (χ4v) is 4.68. The Hall–Kier alpha value is -2.87. The number of pyridine rings is 1. The summed E-state index contributed by atoms with van der Waals surface area (Å²) in [6.07, 6.45) is 1.95. The van der Waals surface area contributed by atoms with Crippen molar-refractivity contribution in [2.24, 2.45) is 0 Å². The van der Waals surface area contributed by atoms with Crippen molar-refractivity contribution in [3.63, 3.8) is 0 Å². The van der Waals surface area contributed by atoms with Crippen molar-refractivity contribution in [2.45, 2.75) is 32.0 Å². The lowest BCUT2D eigenvalue weighted by Gasteiger charge is -2.30. The van der Waals surface area contributed by atoms with E-state index in [1.807, 2.05) is 12.1 Å². The molecule has 0 saturated carbocycles. The molecule has 34 heavy (non-hydrogen) atoms. The lowest BCUT2D eigenvalue weighted by Crippen LogP contribution is -2.42. The van der Waals surface area contributed by atoms with Gasteiger partial charge in [0.1, 0.15) is 11.9 Å². The number of carbonyl (C=O) groups is 1. The maximum absolute atomic E-state index is 13.9. The Morgan fingerprint density at radius 3 is 2.68 bits per heavy atom. The molecule has 1 aliphatic rings. The van der Waals surface area contributed by atoms with E-state index in [4.69, 9.17) is 33.7 Å². The zero-order valence-corrected chi connectivity index (χ0v) is 20.0. The summed E-state index contributed by atoms with van der Waals surface area (Å²) in [4.78, 5) is 18.6. The number of aliphatic hydroxyl groups is 1. The number of hydrogen-bond acceptors (Lipinski definition) is 5. The molecule has 4 rings (SSSR count). The Kier molecular flexibility index (Phi) is 7.26. The Morgan fingerprint density at radius 1 is 1.24 bits per heavy atom. The van der Waals surface area contributed by atoms with Gasteiger partial charge in [-0.15, -0.1) is 0 Å². The maximum Gasteiger partial charge on any atom is 0.253 e. The molecule has 1 aliphatic heterocycles. The summed E-state index contributed by atoms with van der Waals surface area (Å²) < 4.78 is 19.9. The van der Waals surface area contributed by atoms with Gasteiger partial charge in [0.2, 0.25) is 0 Å². The molecule has 0 aliphatic carbocycles. The Bertz CT molecular complexity index is 1210. The van der Waals surface area contributed by atoms with Crippen LogP contribution >= 0.6 is 23.2 Å². The minimum Gasteiger partial charge on any atom is -0.482 e. The summed E-state index contributed by atoms with van der Waals surface area (Å²) in [6.45, 7) is 2.68. The Labute approximate surface area is 207 Å². The van der Waals surface area contributed by atoms with Gasteiger partial charge in [0.25, 0.3) is 5.91 Å². The molecule has 1 unspecified atom stereocenters. The maximum atomic E-state index is 13.9. The van der Waals surface area contributed by atoms with E-state index in [0.717, 1.165) is 17.5 Å². The van der Waals surface area contributed by atoms with Crippen LogP contribution in [0.5, 0.6) is 5.75 Å². The number of anilines is 1. The minimum absolute atomic E-state index is 0.107. The monoisotopic (exact) mass is 503 g/mol. The largest absolute Gasteiger partial charge is 0.482 e. The van der Waals surface area contributed by atoms with Crippen molar-refractivity contribution in [3.8, 4) is 16.9 Å². The molecule has 0 spiro atoms. The van der Waals surface area contributed by atoms with Crippen molar-refractivity contribution in [1.29, 1.82) is 0 Å². The van der Waals surface area contributed by atoms with Crippen molar-refractivity contribution >= 4 is 34.9 Å². The number of benzene rings is 2. The molecule has 2 heterocycles. The van der Waals surface area contributed by atoms with E-state index >= 15 is 0 Å². The van der Waals surface area contributed by atoms with Gasteiger partial charge in [0, 0.05) is 41.0 Å². The van der Waals surface area contributed by atoms with Gasteiger partial charge >= 0.3 is 0 Å². The molecule has 2 atom stereocenters. The third-order valence-electron chi connectivity index (χ3n) is 5.82. The quantitative estimate of drug-likeness (QED) is 0.447. The van der Waals surface area contributed by atoms with Crippen LogP contribution in [0.1, 0.15) is 41.8 Å². The summed E-state index contributed by atoms with van der Waals surface area (Å²) in [5, 5.41) is 10.0. The van der Waals surface area contributed by atoms with Crippen LogP contribution in [-0.2, 0) is 0 Å². The molecule has 2 aromatic carbocycles. The lowest BCUT2D eigenvalue weighted by atomic mass is 10.0. The van der Waals surface area contributed by atoms with Crippen LogP contribution < -0.4 is 10.5 Å². The number of nitrogens with two attached hydrogens (primary N) is 1. The van der Waals surface area contributed by atoms with E-state index in [-0.39, 0.29) is 21.8 Å². The number of hydrogen-bond donors (Lipinski definition) is 2. The number of halogens is 3. The van der Waals surface area contributed by atoms with Gasteiger partial charge in [-0.1, -0.05) is 35.3 Å². The third kappa shape index (κ3) is 5.12. The van der Waals surface area contributed by atoms with Gasteiger partial charge in [-0.2, -0.15) is 0 Å².